The Balaban J connectivity index is 1.89. The molecule has 1 N–H and O–H groups in total. The van der Waals surface area contributed by atoms with Gasteiger partial charge in [0, 0.05) is 31.4 Å². The van der Waals surface area contributed by atoms with E-state index in [0.717, 1.165) is 45.3 Å². The van der Waals surface area contributed by atoms with Crippen molar-refractivity contribution in [3.63, 3.8) is 0 Å². The molecule has 0 spiro atoms. The highest BCUT2D eigenvalue weighted by Gasteiger charge is 2.24. The predicted molar refractivity (Wildman–Crippen MR) is 80.5 cm³/mol. The summed E-state index contributed by atoms with van der Waals surface area (Å²) >= 11 is 0. The molecule has 0 atom stereocenters. The number of aromatic nitrogens is 1. The third-order valence-corrected chi connectivity index (χ3v) is 3.91. The van der Waals surface area contributed by atoms with E-state index in [2.05, 4.69) is 22.1 Å². The van der Waals surface area contributed by atoms with Crippen LogP contribution < -0.4 is 5.32 Å². The average molecular weight is 275 g/mol. The number of nitrogens with one attached hydrogen (secondary N) is 1. The Hall–Kier alpha value is -1.42. The van der Waals surface area contributed by atoms with E-state index >= 15 is 0 Å². The molecule has 0 radical (unpaired) electrons. The molecule has 2 heterocycles. The maximum atomic E-state index is 12.5. The monoisotopic (exact) mass is 275 g/mol. The summed E-state index contributed by atoms with van der Waals surface area (Å²) in [7, 11) is 0. The summed E-state index contributed by atoms with van der Waals surface area (Å²) in [5.74, 6) is 0.301. The summed E-state index contributed by atoms with van der Waals surface area (Å²) < 4.78 is 0. The minimum absolute atomic E-state index is 0.301. The molecule has 4 nitrogen and oxygen atoms in total. The third-order valence-electron chi connectivity index (χ3n) is 3.91. The molecule has 20 heavy (non-hydrogen) atoms. The highest BCUT2D eigenvalue weighted by atomic mass is 16.2. The Morgan fingerprint density at radius 3 is 2.70 bits per heavy atom. The van der Waals surface area contributed by atoms with Crippen LogP contribution in [0.15, 0.2) is 24.5 Å². The molecule has 4 heteroatoms. The van der Waals surface area contributed by atoms with Crippen LogP contribution in [0.25, 0.3) is 0 Å². The Bertz CT molecular complexity index is 401. The van der Waals surface area contributed by atoms with Crippen LogP contribution in [0.1, 0.15) is 38.2 Å². The lowest BCUT2D eigenvalue weighted by Crippen LogP contribution is -2.46. The Kier molecular flexibility index (Phi) is 5.99. The third kappa shape index (κ3) is 4.30. The zero-order chi connectivity index (χ0) is 14.2. The molecular weight excluding hydrogens is 250 g/mol. The fourth-order valence-electron chi connectivity index (χ4n) is 2.81. The lowest BCUT2D eigenvalue weighted by atomic mass is 10.0. The van der Waals surface area contributed by atoms with Crippen molar-refractivity contribution < 1.29 is 4.79 Å². The van der Waals surface area contributed by atoms with Crippen molar-refractivity contribution >= 4 is 5.91 Å². The Morgan fingerprint density at radius 2 is 2.05 bits per heavy atom. The van der Waals surface area contributed by atoms with Crippen molar-refractivity contribution in [1.82, 2.24) is 15.2 Å². The van der Waals surface area contributed by atoms with Crippen LogP contribution in [0.5, 0.6) is 0 Å². The second-order valence-corrected chi connectivity index (χ2v) is 5.42. The van der Waals surface area contributed by atoms with Gasteiger partial charge in [-0.25, -0.2) is 0 Å². The molecule has 0 bridgehead atoms. The summed E-state index contributed by atoms with van der Waals surface area (Å²) in [5, 5.41) is 3.36. The quantitative estimate of drug-likeness (QED) is 0.863. The first-order valence-corrected chi connectivity index (χ1v) is 7.70. The van der Waals surface area contributed by atoms with E-state index in [0.29, 0.717) is 18.4 Å². The van der Waals surface area contributed by atoms with Crippen LogP contribution in [0.2, 0.25) is 0 Å². The molecule has 0 saturated carbocycles. The maximum Gasteiger partial charge on any atom is 0.223 e. The Labute approximate surface area is 121 Å². The lowest BCUT2D eigenvalue weighted by Gasteiger charge is -2.34. The van der Waals surface area contributed by atoms with Crippen molar-refractivity contribution in [2.24, 2.45) is 0 Å². The highest BCUT2D eigenvalue weighted by Crippen LogP contribution is 2.15. The zero-order valence-electron chi connectivity index (χ0n) is 12.3. The lowest BCUT2D eigenvalue weighted by molar-refractivity contribution is -0.134. The minimum atomic E-state index is 0.301. The molecule has 1 saturated heterocycles. The SMILES string of the molecule is CCCN(C(=O)CCc1ccncc1)C1CCNCC1. The zero-order valence-corrected chi connectivity index (χ0v) is 12.3. The summed E-state index contributed by atoms with van der Waals surface area (Å²) in [6.07, 6.45) is 8.19. The number of amides is 1. The Morgan fingerprint density at radius 1 is 1.35 bits per heavy atom. The van der Waals surface area contributed by atoms with Crippen molar-refractivity contribution in [2.75, 3.05) is 19.6 Å². The molecule has 1 aliphatic rings. The second-order valence-electron chi connectivity index (χ2n) is 5.42. The smallest absolute Gasteiger partial charge is 0.223 e. The molecule has 1 amide bonds. The average Bonchev–Trinajstić information content (AvgIpc) is 2.52. The molecule has 110 valence electrons. The number of carbonyl (C=O) groups excluding carboxylic acids is 1. The topological polar surface area (TPSA) is 45.2 Å². The first-order valence-electron chi connectivity index (χ1n) is 7.70. The van der Waals surface area contributed by atoms with Crippen LogP contribution >= 0.6 is 0 Å². The number of pyridine rings is 1. The van der Waals surface area contributed by atoms with E-state index in [4.69, 9.17) is 0 Å². The fourth-order valence-corrected chi connectivity index (χ4v) is 2.81. The molecule has 0 aliphatic carbocycles. The number of carbonyl (C=O) groups is 1. The summed E-state index contributed by atoms with van der Waals surface area (Å²) in [5.41, 5.74) is 1.19. The van der Waals surface area contributed by atoms with Crippen LogP contribution in [0.3, 0.4) is 0 Å². The number of hydrogen-bond acceptors (Lipinski definition) is 3. The van der Waals surface area contributed by atoms with Crippen LogP contribution in [-0.2, 0) is 11.2 Å². The summed E-state index contributed by atoms with van der Waals surface area (Å²) in [6, 6.07) is 4.41. The van der Waals surface area contributed by atoms with E-state index < -0.39 is 0 Å². The highest BCUT2D eigenvalue weighted by molar-refractivity contribution is 5.76. The van der Waals surface area contributed by atoms with E-state index in [-0.39, 0.29) is 0 Å². The van der Waals surface area contributed by atoms with Gasteiger partial charge in [-0.2, -0.15) is 0 Å². The van der Waals surface area contributed by atoms with Crippen LogP contribution in [-0.4, -0.2) is 41.5 Å². The van der Waals surface area contributed by atoms with Crippen molar-refractivity contribution in [2.45, 2.75) is 45.1 Å². The van der Waals surface area contributed by atoms with Crippen LogP contribution in [0.4, 0.5) is 0 Å². The van der Waals surface area contributed by atoms with Gasteiger partial charge in [0.15, 0.2) is 0 Å². The molecule has 1 aliphatic heterocycles. The standard InChI is InChI=1S/C16H25N3O/c1-2-13-19(15-7-11-18-12-8-15)16(20)4-3-14-5-9-17-10-6-14/h5-6,9-10,15,18H,2-4,7-8,11-13H2,1H3. The van der Waals surface area contributed by atoms with E-state index in [1.54, 1.807) is 12.4 Å². The van der Waals surface area contributed by atoms with Gasteiger partial charge in [0.2, 0.25) is 5.91 Å². The molecule has 1 aromatic heterocycles. The van der Waals surface area contributed by atoms with Crippen LogP contribution in [0, 0.1) is 0 Å². The molecule has 0 unspecified atom stereocenters. The van der Waals surface area contributed by atoms with Gasteiger partial charge in [0.05, 0.1) is 0 Å². The van der Waals surface area contributed by atoms with Crippen molar-refractivity contribution in [1.29, 1.82) is 0 Å². The van der Waals surface area contributed by atoms with Crippen molar-refractivity contribution in [3.05, 3.63) is 30.1 Å². The van der Waals surface area contributed by atoms with E-state index in [1.165, 1.54) is 5.56 Å². The number of rotatable bonds is 6. The number of aryl methyl sites for hydroxylation is 1. The summed E-state index contributed by atoms with van der Waals surface area (Å²) in [6.45, 7) is 5.09. The largest absolute Gasteiger partial charge is 0.340 e. The molecule has 2 rings (SSSR count). The number of hydrogen-bond donors (Lipinski definition) is 1. The minimum Gasteiger partial charge on any atom is -0.340 e. The van der Waals surface area contributed by atoms with Gasteiger partial charge in [0.25, 0.3) is 0 Å². The molecular formula is C16H25N3O. The number of nitrogens with zero attached hydrogens (tertiary/aromatic N) is 2. The van der Waals surface area contributed by atoms with Gasteiger partial charge >= 0.3 is 0 Å². The van der Waals surface area contributed by atoms with Gasteiger partial charge < -0.3 is 10.2 Å². The maximum absolute atomic E-state index is 12.5. The van der Waals surface area contributed by atoms with Gasteiger partial charge in [-0.1, -0.05) is 6.92 Å². The molecule has 0 aromatic carbocycles. The van der Waals surface area contributed by atoms with Crippen molar-refractivity contribution in [3.8, 4) is 0 Å². The predicted octanol–water partition coefficient (Wildman–Crippen LogP) is 2.00. The van der Waals surface area contributed by atoms with Gasteiger partial charge in [-0.3, -0.25) is 9.78 Å². The molecule has 1 aromatic rings. The second kappa shape index (κ2) is 8.00. The number of piperidine rings is 1. The van der Waals surface area contributed by atoms with Gasteiger partial charge in [-0.15, -0.1) is 0 Å². The van der Waals surface area contributed by atoms with Gasteiger partial charge in [0.1, 0.15) is 0 Å². The fraction of sp³-hybridized carbons (Fsp3) is 0.625. The first kappa shape index (κ1) is 15.0. The first-order chi connectivity index (χ1) is 9.81. The normalized spacial score (nSPS) is 16.1. The molecule has 1 fully saturated rings. The van der Waals surface area contributed by atoms with Gasteiger partial charge in [-0.05, 0) is 56.5 Å². The van der Waals surface area contributed by atoms with E-state index in [1.807, 2.05) is 12.1 Å². The summed E-state index contributed by atoms with van der Waals surface area (Å²) in [4.78, 5) is 18.6. The van der Waals surface area contributed by atoms with E-state index in [9.17, 15) is 4.79 Å².